The SMILES string of the molecule is Fc1ccc(C(=CC=CC=CC(=C2C=CC(=NC(CCl)CCCl)C=C2)c2ccc(F)cc2)c2ccc(N(CCCl)CCCl)cc2)cc1. The van der Waals surface area contributed by atoms with Gasteiger partial charge in [0.15, 0.2) is 0 Å². The first-order chi connectivity index (χ1) is 22.9. The maximum absolute atomic E-state index is 13.8. The van der Waals surface area contributed by atoms with Gasteiger partial charge < -0.3 is 4.90 Å². The summed E-state index contributed by atoms with van der Waals surface area (Å²) in [5.41, 5.74) is 7.42. The fraction of sp³-hybridized carbons (Fsp3) is 0.205. The van der Waals surface area contributed by atoms with E-state index in [0.717, 1.165) is 44.8 Å². The van der Waals surface area contributed by atoms with Crippen LogP contribution in [0.25, 0.3) is 11.1 Å². The van der Waals surface area contributed by atoms with Crippen LogP contribution >= 0.6 is 46.4 Å². The van der Waals surface area contributed by atoms with E-state index < -0.39 is 0 Å². The molecular formula is C39H36Cl4F2N2. The molecule has 0 heterocycles. The third kappa shape index (κ3) is 11.1. The number of allylic oxidation sites excluding steroid dienone is 11. The molecule has 0 radical (unpaired) electrons. The Morgan fingerprint density at radius 3 is 1.74 bits per heavy atom. The Kier molecular flexibility index (Phi) is 15.1. The maximum Gasteiger partial charge on any atom is 0.123 e. The highest BCUT2D eigenvalue weighted by Crippen LogP contribution is 2.28. The lowest BCUT2D eigenvalue weighted by Gasteiger charge is -2.23. The molecule has 1 aliphatic rings. The van der Waals surface area contributed by atoms with Crippen molar-refractivity contribution in [1.82, 2.24) is 0 Å². The number of halogens is 6. The van der Waals surface area contributed by atoms with Crippen molar-refractivity contribution >= 4 is 68.9 Å². The fourth-order valence-corrected chi connectivity index (χ4v) is 5.89. The van der Waals surface area contributed by atoms with Crippen molar-refractivity contribution in [2.45, 2.75) is 12.5 Å². The zero-order valence-corrected chi connectivity index (χ0v) is 28.8. The van der Waals surface area contributed by atoms with Gasteiger partial charge in [-0.15, -0.1) is 46.4 Å². The lowest BCUT2D eigenvalue weighted by Crippen LogP contribution is -2.27. The normalized spacial score (nSPS) is 14.0. The quantitative estimate of drug-likeness (QED) is 0.113. The molecular weight excluding hydrogens is 676 g/mol. The predicted octanol–water partition coefficient (Wildman–Crippen LogP) is 11.0. The van der Waals surface area contributed by atoms with Gasteiger partial charge in [-0.3, -0.25) is 4.99 Å². The van der Waals surface area contributed by atoms with E-state index in [9.17, 15) is 8.78 Å². The van der Waals surface area contributed by atoms with Crippen molar-refractivity contribution < 1.29 is 8.78 Å². The summed E-state index contributed by atoms with van der Waals surface area (Å²) in [6.07, 6.45) is 18.4. The third-order valence-electron chi connectivity index (χ3n) is 7.44. The molecule has 47 heavy (non-hydrogen) atoms. The number of alkyl halides is 4. The lowest BCUT2D eigenvalue weighted by atomic mass is 9.95. The highest BCUT2D eigenvalue weighted by Gasteiger charge is 2.11. The first kappa shape index (κ1) is 36.4. The van der Waals surface area contributed by atoms with Crippen molar-refractivity contribution in [2.75, 3.05) is 41.5 Å². The molecule has 244 valence electrons. The summed E-state index contributed by atoms with van der Waals surface area (Å²) in [4.78, 5) is 6.84. The van der Waals surface area contributed by atoms with Crippen LogP contribution in [0.1, 0.15) is 23.1 Å². The van der Waals surface area contributed by atoms with Crippen LogP contribution in [-0.2, 0) is 0 Å². The maximum atomic E-state index is 13.8. The fourth-order valence-electron chi connectivity index (χ4n) is 5.01. The Labute approximate surface area is 296 Å². The average Bonchev–Trinajstić information content (AvgIpc) is 3.09. The highest BCUT2D eigenvalue weighted by molar-refractivity contribution is 6.19. The van der Waals surface area contributed by atoms with E-state index >= 15 is 0 Å². The van der Waals surface area contributed by atoms with E-state index in [-0.39, 0.29) is 17.7 Å². The molecule has 0 amide bonds. The van der Waals surface area contributed by atoms with Gasteiger partial charge in [0.1, 0.15) is 11.6 Å². The van der Waals surface area contributed by atoms with Gasteiger partial charge >= 0.3 is 0 Å². The minimum absolute atomic E-state index is 0.0436. The van der Waals surface area contributed by atoms with E-state index in [4.69, 9.17) is 51.4 Å². The molecule has 0 aliphatic heterocycles. The predicted molar refractivity (Wildman–Crippen MR) is 201 cm³/mol. The lowest BCUT2D eigenvalue weighted by molar-refractivity contribution is 0.627. The summed E-state index contributed by atoms with van der Waals surface area (Å²) in [5, 5.41) is 0. The van der Waals surface area contributed by atoms with Gasteiger partial charge in [-0.1, -0.05) is 78.9 Å². The second kappa shape index (κ2) is 19.4. The van der Waals surface area contributed by atoms with Gasteiger partial charge in [-0.05, 0) is 88.4 Å². The molecule has 0 fully saturated rings. The molecule has 0 bridgehead atoms. The first-order valence-corrected chi connectivity index (χ1v) is 17.4. The second-order valence-corrected chi connectivity index (χ2v) is 12.1. The van der Waals surface area contributed by atoms with E-state index in [1.807, 2.05) is 78.9 Å². The number of aliphatic imine (C=N–C) groups is 1. The average molecular weight is 713 g/mol. The van der Waals surface area contributed by atoms with E-state index in [0.29, 0.717) is 43.0 Å². The molecule has 3 aromatic carbocycles. The Morgan fingerprint density at radius 2 is 1.21 bits per heavy atom. The monoisotopic (exact) mass is 710 g/mol. The molecule has 0 saturated carbocycles. The van der Waals surface area contributed by atoms with Crippen molar-refractivity contribution in [3.63, 3.8) is 0 Å². The number of nitrogens with zero attached hydrogens (tertiary/aromatic N) is 2. The number of rotatable bonds is 15. The highest BCUT2D eigenvalue weighted by atomic mass is 35.5. The molecule has 1 atom stereocenters. The van der Waals surface area contributed by atoms with Crippen molar-refractivity contribution in [3.8, 4) is 0 Å². The van der Waals surface area contributed by atoms with Gasteiger partial charge in [-0.2, -0.15) is 0 Å². The summed E-state index contributed by atoms with van der Waals surface area (Å²) in [5.74, 6) is 1.32. The van der Waals surface area contributed by atoms with Crippen molar-refractivity contribution in [1.29, 1.82) is 0 Å². The van der Waals surface area contributed by atoms with E-state index in [2.05, 4.69) is 4.90 Å². The van der Waals surface area contributed by atoms with Gasteiger partial charge in [0.2, 0.25) is 0 Å². The molecule has 1 aliphatic carbocycles. The largest absolute Gasteiger partial charge is 0.369 e. The second-order valence-electron chi connectivity index (χ2n) is 10.6. The van der Waals surface area contributed by atoms with Crippen LogP contribution in [0, 0.1) is 11.6 Å². The van der Waals surface area contributed by atoms with E-state index in [1.165, 1.54) is 24.3 Å². The number of hydrogen-bond donors (Lipinski definition) is 0. The molecule has 3 aromatic rings. The molecule has 0 spiro atoms. The van der Waals surface area contributed by atoms with Crippen molar-refractivity contribution in [2.24, 2.45) is 4.99 Å². The van der Waals surface area contributed by atoms with Crippen LogP contribution in [0.5, 0.6) is 0 Å². The number of benzene rings is 3. The Balaban J connectivity index is 1.63. The molecule has 0 aromatic heterocycles. The van der Waals surface area contributed by atoms with Gasteiger partial charge in [0.25, 0.3) is 0 Å². The number of hydrogen-bond acceptors (Lipinski definition) is 2. The zero-order valence-electron chi connectivity index (χ0n) is 25.8. The van der Waals surface area contributed by atoms with Gasteiger partial charge in [0.05, 0.1) is 11.8 Å². The summed E-state index contributed by atoms with van der Waals surface area (Å²) in [6, 6.07) is 21.0. The Hall–Kier alpha value is -3.41. The minimum Gasteiger partial charge on any atom is -0.369 e. The molecule has 1 unspecified atom stereocenters. The summed E-state index contributed by atoms with van der Waals surface area (Å²) >= 11 is 24.0. The molecule has 2 nitrogen and oxygen atoms in total. The molecule has 0 N–H and O–H groups in total. The molecule has 0 saturated heterocycles. The standard InChI is InChI=1S/C39H36Cl4F2N2/c40-23-22-36(28-43)46-35-18-10-31(11-19-35)38(29-6-14-33(44)15-7-29)4-2-1-3-5-39(30-8-16-34(45)17-9-30)32-12-20-37(21-13-32)47(26-24-41)27-25-42/h1-21,36H,22-28H2. The van der Waals surface area contributed by atoms with Crippen LogP contribution < -0.4 is 4.90 Å². The van der Waals surface area contributed by atoms with Crippen LogP contribution in [0.2, 0.25) is 0 Å². The van der Waals surface area contributed by atoms with Crippen molar-refractivity contribution in [3.05, 3.63) is 161 Å². The smallest absolute Gasteiger partial charge is 0.123 e. The van der Waals surface area contributed by atoms with Gasteiger partial charge in [-0.25, -0.2) is 8.78 Å². The topological polar surface area (TPSA) is 15.6 Å². The zero-order chi connectivity index (χ0) is 33.4. The summed E-state index contributed by atoms with van der Waals surface area (Å²) < 4.78 is 27.6. The first-order valence-electron chi connectivity index (χ1n) is 15.3. The van der Waals surface area contributed by atoms with Crippen LogP contribution in [-0.4, -0.2) is 48.4 Å². The minimum atomic E-state index is -0.296. The van der Waals surface area contributed by atoms with Crippen LogP contribution in [0.3, 0.4) is 0 Å². The molecule has 4 rings (SSSR count). The van der Waals surface area contributed by atoms with E-state index in [1.54, 1.807) is 24.3 Å². The van der Waals surface area contributed by atoms with Gasteiger partial charge in [0, 0.05) is 42.3 Å². The Bertz CT molecular complexity index is 1630. The number of anilines is 1. The van der Waals surface area contributed by atoms with Crippen LogP contribution in [0.4, 0.5) is 14.5 Å². The third-order valence-corrected chi connectivity index (χ3v) is 8.35. The summed E-state index contributed by atoms with van der Waals surface area (Å²) in [6.45, 7) is 1.39. The molecule has 8 heteroatoms. The Morgan fingerprint density at radius 1 is 0.660 bits per heavy atom. The summed E-state index contributed by atoms with van der Waals surface area (Å²) in [7, 11) is 0. The van der Waals surface area contributed by atoms with Crippen LogP contribution in [0.15, 0.2) is 138 Å².